The van der Waals surface area contributed by atoms with Gasteiger partial charge in [-0.15, -0.1) is 0 Å². The fourth-order valence-electron chi connectivity index (χ4n) is 3.35. The Balaban J connectivity index is 1.60. The van der Waals surface area contributed by atoms with Crippen LogP contribution in [0.25, 0.3) is 0 Å². The first-order valence-corrected chi connectivity index (χ1v) is 9.22. The average Bonchev–Trinajstić information content (AvgIpc) is 2.66. The molecule has 0 radical (unpaired) electrons. The molecule has 0 amide bonds. The maximum Gasteiger partial charge on any atom is 0.162 e. The standard InChI is InChI=1S/C21H23F3N2O/c1-2-3-21(27)16-5-7-20(19(24)13-16)26-10-8-25(9-11-26)14-15-4-6-17(22)18(23)12-15/h4-7,12-13H,2-3,8-11,14H2,1H3. The van der Waals surface area contributed by atoms with E-state index in [0.29, 0.717) is 56.0 Å². The molecule has 1 fully saturated rings. The van der Waals surface area contributed by atoms with E-state index in [1.807, 2.05) is 11.8 Å². The van der Waals surface area contributed by atoms with Crippen LogP contribution in [0.4, 0.5) is 18.9 Å². The van der Waals surface area contributed by atoms with Crippen LogP contribution in [0, 0.1) is 17.5 Å². The van der Waals surface area contributed by atoms with Crippen molar-refractivity contribution in [1.82, 2.24) is 4.90 Å². The van der Waals surface area contributed by atoms with Gasteiger partial charge in [-0.1, -0.05) is 13.0 Å². The van der Waals surface area contributed by atoms with Crippen molar-refractivity contribution in [2.45, 2.75) is 26.3 Å². The van der Waals surface area contributed by atoms with Gasteiger partial charge in [0.1, 0.15) is 5.82 Å². The third-order valence-electron chi connectivity index (χ3n) is 4.85. The number of nitrogens with zero attached hydrogens (tertiary/aromatic N) is 2. The zero-order valence-electron chi connectivity index (χ0n) is 15.4. The van der Waals surface area contributed by atoms with Crippen molar-refractivity contribution in [1.29, 1.82) is 0 Å². The summed E-state index contributed by atoms with van der Waals surface area (Å²) in [6, 6.07) is 8.61. The lowest BCUT2D eigenvalue weighted by Gasteiger charge is -2.36. The van der Waals surface area contributed by atoms with Crippen LogP contribution in [0.5, 0.6) is 0 Å². The van der Waals surface area contributed by atoms with Crippen LogP contribution in [0.15, 0.2) is 36.4 Å². The highest BCUT2D eigenvalue weighted by Gasteiger charge is 2.20. The highest BCUT2D eigenvalue weighted by Crippen LogP contribution is 2.23. The fourth-order valence-corrected chi connectivity index (χ4v) is 3.35. The number of benzene rings is 2. The normalized spacial score (nSPS) is 15.2. The van der Waals surface area contributed by atoms with Crippen molar-refractivity contribution in [2.24, 2.45) is 0 Å². The number of carbonyl (C=O) groups excluding carboxylic acids is 1. The van der Waals surface area contributed by atoms with Gasteiger partial charge in [-0.2, -0.15) is 0 Å². The molecule has 1 aliphatic rings. The number of hydrogen-bond acceptors (Lipinski definition) is 3. The first-order chi connectivity index (χ1) is 13.0. The van der Waals surface area contributed by atoms with Gasteiger partial charge in [0.05, 0.1) is 5.69 Å². The Morgan fingerprint density at radius 1 is 0.926 bits per heavy atom. The summed E-state index contributed by atoms with van der Waals surface area (Å²) in [5.74, 6) is -2.11. The minimum atomic E-state index is -0.847. The van der Waals surface area contributed by atoms with Gasteiger partial charge in [-0.25, -0.2) is 13.2 Å². The van der Waals surface area contributed by atoms with E-state index < -0.39 is 11.6 Å². The minimum absolute atomic E-state index is 0.0423. The highest BCUT2D eigenvalue weighted by atomic mass is 19.2. The second kappa shape index (κ2) is 8.57. The molecule has 0 N–H and O–H groups in total. The summed E-state index contributed by atoms with van der Waals surface area (Å²) in [5, 5.41) is 0. The maximum atomic E-state index is 14.5. The van der Waals surface area contributed by atoms with Crippen LogP contribution in [0.1, 0.15) is 35.7 Å². The lowest BCUT2D eigenvalue weighted by atomic mass is 10.1. The molecule has 2 aromatic rings. The number of rotatable bonds is 6. The van der Waals surface area contributed by atoms with Crippen LogP contribution in [0.2, 0.25) is 0 Å². The number of Topliss-reactive ketones (excluding diaryl/α,β-unsaturated/α-hetero) is 1. The molecule has 0 aromatic heterocycles. The zero-order chi connectivity index (χ0) is 19.4. The van der Waals surface area contributed by atoms with E-state index in [9.17, 15) is 18.0 Å². The molecule has 1 aliphatic heterocycles. The number of ketones is 1. The molecular formula is C21H23F3N2O. The third kappa shape index (κ3) is 4.69. The van der Waals surface area contributed by atoms with Crippen molar-refractivity contribution < 1.29 is 18.0 Å². The first-order valence-electron chi connectivity index (χ1n) is 9.22. The lowest BCUT2D eigenvalue weighted by molar-refractivity contribution is 0.0981. The Labute approximate surface area is 157 Å². The summed E-state index contributed by atoms with van der Waals surface area (Å²) < 4.78 is 40.8. The maximum absolute atomic E-state index is 14.5. The van der Waals surface area contributed by atoms with Crippen molar-refractivity contribution in [3.8, 4) is 0 Å². The van der Waals surface area contributed by atoms with Gasteiger partial charge in [0.25, 0.3) is 0 Å². The predicted octanol–water partition coefficient (Wildman–Crippen LogP) is 4.41. The summed E-state index contributed by atoms with van der Waals surface area (Å²) in [6.45, 7) is 5.08. The third-order valence-corrected chi connectivity index (χ3v) is 4.85. The lowest BCUT2D eigenvalue weighted by Crippen LogP contribution is -2.46. The molecule has 0 aliphatic carbocycles. The molecule has 3 nitrogen and oxygen atoms in total. The van der Waals surface area contributed by atoms with Crippen LogP contribution in [-0.2, 0) is 6.54 Å². The van der Waals surface area contributed by atoms with Crippen LogP contribution in [-0.4, -0.2) is 36.9 Å². The largest absolute Gasteiger partial charge is 0.367 e. The Hall–Kier alpha value is -2.34. The molecule has 0 saturated carbocycles. The summed E-state index contributed by atoms with van der Waals surface area (Å²) >= 11 is 0. The molecule has 6 heteroatoms. The molecular weight excluding hydrogens is 353 g/mol. The molecule has 0 atom stereocenters. The molecule has 0 bridgehead atoms. The average molecular weight is 376 g/mol. The van der Waals surface area contributed by atoms with Gasteiger partial charge < -0.3 is 4.90 Å². The zero-order valence-corrected chi connectivity index (χ0v) is 15.4. The van der Waals surface area contributed by atoms with Crippen molar-refractivity contribution in [2.75, 3.05) is 31.1 Å². The van der Waals surface area contributed by atoms with Gasteiger partial charge >= 0.3 is 0 Å². The predicted molar refractivity (Wildman–Crippen MR) is 99.5 cm³/mol. The SMILES string of the molecule is CCCC(=O)c1ccc(N2CCN(Cc3ccc(F)c(F)c3)CC2)c(F)c1. The number of piperazine rings is 1. The van der Waals surface area contributed by atoms with Crippen molar-refractivity contribution in [3.63, 3.8) is 0 Å². The molecule has 0 spiro atoms. The summed E-state index contributed by atoms with van der Waals surface area (Å²) in [5.41, 5.74) is 1.62. The van der Waals surface area contributed by atoms with Gasteiger partial charge in [0, 0.05) is 44.7 Å². The molecule has 3 rings (SSSR count). The van der Waals surface area contributed by atoms with Crippen LogP contribution in [0.3, 0.4) is 0 Å². The summed E-state index contributed by atoms with van der Waals surface area (Å²) in [6.07, 6.45) is 1.16. The number of hydrogen-bond donors (Lipinski definition) is 0. The van der Waals surface area contributed by atoms with Crippen LogP contribution >= 0.6 is 0 Å². The monoisotopic (exact) mass is 376 g/mol. The summed E-state index contributed by atoms with van der Waals surface area (Å²) in [7, 11) is 0. The Bertz CT molecular complexity index is 817. The van der Waals surface area contributed by atoms with Crippen molar-refractivity contribution in [3.05, 3.63) is 65.0 Å². The van der Waals surface area contributed by atoms with Gasteiger partial charge in [0.15, 0.2) is 17.4 Å². The molecule has 144 valence electrons. The molecule has 1 heterocycles. The van der Waals surface area contributed by atoms with E-state index in [2.05, 4.69) is 4.90 Å². The second-order valence-electron chi connectivity index (χ2n) is 6.85. The molecule has 0 unspecified atom stereocenters. The highest BCUT2D eigenvalue weighted by molar-refractivity contribution is 5.96. The van der Waals surface area contributed by atoms with Crippen molar-refractivity contribution >= 4 is 11.5 Å². The number of anilines is 1. The summed E-state index contributed by atoms with van der Waals surface area (Å²) in [4.78, 5) is 16.0. The van der Waals surface area contributed by atoms with Gasteiger partial charge in [-0.05, 0) is 42.3 Å². The van der Waals surface area contributed by atoms with E-state index in [-0.39, 0.29) is 11.6 Å². The molecule has 2 aromatic carbocycles. The van der Waals surface area contributed by atoms with Gasteiger partial charge in [-0.3, -0.25) is 9.69 Å². The Morgan fingerprint density at radius 2 is 1.67 bits per heavy atom. The fraction of sp³-hybridized carbons (Fsp3) is 0.381. The van der Waals surface area contributed by atoms with E-state index in [4.69, 9.17) is 0 Å². The molecule has 1 saturated heterocycles. The Kier molecular flexibility index (Phi) is 6.16. The molecule has 27 heavy (non-hydrogen) atoms. The smallest absolute Gasteiger partial charge is 0.162 e. The quantitative estimate of drug-likeness (QED) is 0.698. The Morgan fingerprint density at radius 3 is 2.30 bits per heavy atom. The van der Waals surface area contributed by atoms with E-state index in [1.165, 1.54) is 12.1 Å². The first kappa shape index (κ1) is 19.4. The van der Waals surface area contributed by atoms with E-state index in [0.717, 1.165) is 12.5 Å². The van der Waals surface area contributed by atoms with Gasteiger partial charge in [0.2, 0.25) is 0 Å². The minimum Gasteiger partial charge on any atom is -0.367 e. The van der Waals surface area contributed by atoms with E-state index >= 15 is 0 Å². The number of carbonyl (C=O) groups is 1. The topological polar surface area (TPSA) is 23.6 Å². The van der Waals surface area contributed by atoms with Crippen LogP contribution < -0.4 is 4.90 Å². The van der Waals surface area contributed by atoms with E-state index in [1.54, 1.807) is 18.2 Å². The second-order valence-corrected chi connectivity index (χ2v) is 6.85. The number of halogens is 3.